The minimum atomic E-state index is -1.28. The number of piperidine rings is 1. The van der Waals surface area contributed by atoms with E-state index in [1.165, 1.54) is 0 Å². The Morgan fingerprint density at radius 3 is 2.71 bits per heavy atom. The average molecular weight is 356 g/mol. The van der Waals surface area contributed by atoms with E-state index in [1.54, 1.807) is 6.20 Å². The Kier molecular flexibility index (Phi) is 4.15. The maximum absolute atomic E-state index is 14.7. The van der Waals surface area contributed by atoms with E-state index in [0.29, 0.717) is 25.9 Å². The van der Waals surface area contributed by atoms with Gasteiger partial charge in [0, 0.05) is 42.5 Å². The molecule has 1 amide bonds. The van der Waals surface area contributed by atoms with Crippen LogP contribution in [-0.2, 0) is 4.79 Å². The number of rotatable bonds is 4. The van der Waals surface area contributed by atoms with Crippen molar-refractivity contribution in [2.24, 2.45) is 5.92 Å². The van der Waals surface area contributed by atoms with Crippen LogP contribution in [0.1, 0.15) is 25.7 Å². The van der Waals surface area contributed by atoms with Gasteiger partial charge in [-0.25, -0.2) is 9.37 Å². The van der Waals surface area contributed by atoms with Crippen molar-refractivity contribution in [3.8, 4) is 0 Å². The summed E-state index contributed by atoms with van der Waals surface area (Å²) in [5.74, 6) is 1.03. The second kappa shape index (κ2) is 5.91. The molecule has 3 rings (SSSR count). The Hall–Kier alpha value is -1.17. The molecule has 6 heteroatoms. The molecule has 0 aromatic carbocycles. The number of pyridine rings is 1. The quantitative estimate of drug-likeness (QED) is 0.902. The van der Waals surface area contributed by atoms with Gasteiger partial charge in [0.1, 0.15) is 11.5 Å². The molecule has 114 valence electrons. The van der Waals surface area contributed by atoms with Crippen molar-refractivity contribution in [2.45, 2.75) is 31.4 Å². The molecule has 0 radical (unpaired) electrons. The van der Waals surface area contributed by atoms with Crippen LogP contribution in [0.4, 0.5) is 10.2 Å². The Morgan fingerprint density at radius 1 is 1.43 bits per heavy atom. The first-order valence-electron chi connectivity index (χ1n) is 7.39. The minimum Gasteiger partial charge on any atom is -0.356 e. The molecule has 1 aromatic heterocycles. The fraction of sp³-hybridized carbons (Fsp3) is 0.600. The summed E-state index contributed by atoms with van der Waals surface area (Å²) < 4.78 is 15.6. The van der Waals surface area contributed by atoms with Crippen LogP contribution < -0.4 is 10.2 Å². The molecule has 4 nitrogen and oxygen atoms in total. The second-order valence-electron chi connectivity index (χ2n) is 5.96. The molecule has 2 heterocycles. The molecule has 1 N–H and O–H groups in total. The third-order valence-corrected chi connectivity index (χ3v) is 4.69. The lowest BCUT2D eigenvalue weighted by Gasteiger charge is -2.37. The first-order valence-corrected chi connectivity index (χ1v) is 8.18. The van der Waals surface area contributed by atoms with E-state index in [4.69, 9.17) is 0 Å². The number of carbonyl (C=O) groups excluding carboxylic acids is 1. The van der Waals surface area contributed by atoms with Gasteiger partial charge in [-0.3, -0.25) is 4.79 Å². The van der Waals surface area contributed by atoms with Gasteiger partial charge >= 0.3 is 0 Å². The van der Waals surface area contributed by atoms with E-state index in [9.17, 15) is 9.18 Å². The topological polar surface area (TPSA) is 45.2 Å². The Bertz CT molecular complexity index is 510. The highest BCUT2D eigenvalue weighted by atomic mass is 79.9. The van der Waals surface area contributed by atoms with Crippen LogP contribution >= 0.6 is 15.9 Å². The number of anilines is 1. The summed E-state index contributed by atoms with van der Waals surface area (Å²) in [4.78, 5) is 18.0. The molecule has 21 heavy (non-hydrogen) atoms. The van der Waals surface area contributed by atoms with Crippen LogP contribution in [-0.4, -0.2) is 36.2 Å². The standard InChI is InChI=1S/C15H19BrFN3O/c16-12-3-4-13(18-9-12)20-7-5-15(17,6-8-20)10-19-14(21)11-1-2-11/h3-4,9,11H,1-2,5-8,10H2,(H,19,21). The molecule has 2 aliphatic rings. The molecule has 0 bridgehead atoms. The lowest BCUT2D eigenvalue weighted by atomic mass is 9.93. The van der Waals surface area contributed by atoms with Crippen molar-refractivity contribution >= 4 is 27.7 Å². The smallest absolute Gasteiger partial charge is 0.223 e. The molecule has 1 aromatic rings. The lowest BCUT2D eigenvalue weighted by Crippen LogP contribution is -2.48. The van der Waals surface area contributed by atoms with Gasteiger partial charge in [-0.1, -0.05) is 0 Å². The molecule has 0 unspecified atom stereocenters. The molecule has 1 saturated heterocycles. The SMILES string of the molecule is O=C(NCC1(F)CCN(c2ccc(Br)cn2)CC1)C1CC1. The van der Waals surface area contributed by atoms with Crippen molar-refractivity contribution in [2.75, 3.05) is 24.5 Å². The van der Waals surface area contributed by atoms with Gasteiger partial charge in [-0.15, -0.1) is 0 Å². The number of halogens is 2. The van der Waals surface area contributed by atoms with E-state index in [2.05, 4.69) is 31.1 Å². The van der Waals surface area contributed by atoms with Crippen molar-refractivity contribution in [1.29, 1.82) is 0 Å². The molecule has 0 atom stereocenters. The van der Waals surface area contributed by atoms with Crippen LogP contribution in [0, 0.1) is 5.92 Å². The predicted octanol–water partition coefficient (Wildman–Crippen LogP) is 2.68. The Morgan fingerprint density at radius 2 is 2.14 bits per heavy atom. The van der Waals surface area contributed by atoms with Crippen molar-refractivity contribution in [1.82, 2.24) is 10.3 Å². The number of hydrogen-bond donors (Lipinski definition) is 1. The fourth-order valence-electron chi connectivity index (χ4n) is 2.60. The first kappa shape index (κ1) is 14.8. The number of hydrogen-bond acceptors (Lipinski definition) is 3. The van der Waals surface area contributed by atoms with E-state index < -0.39 is 5.67 Å². The van der Waals surface area contributed by atoms with Gasteiger partial charge in [-0.2, -0.15) is 0 Å². The third kappa shape index (κ3) is 3.73. The zero-order valence-corrected chi connectivity index (χ0v) is 13.4. The van der Waals surface area contributed by atoms with Crippen molar-refractivity contribution < 1.29 is 9.18 Å². The molecular formula is C15H19BrFN3O. The van der Waals surface area contributed by atoms with Crippen LogP contribution in [0.5, 0.6) is 0 Å². The van der Waals surface area contributed by atoms with E-state index in [0.717, 1.165) is 23.1 Å². The zero-order valence-electron chi connectivity index (χ0n) is 11.8. The zero-order chi connectivity index (χ0) is 14.9. The molecule has 1 saturated carbocycles. The van der Waals surface area contributed by atoms with Crippen LogP contribution in [0.15, 0.2) is 22.8 Å². The highest BCUT2D eigenvalue weighted by Crippen LogP contribution is 2.31. The van der Waals surface area contributed by atoms with Crippen LogP contribution in [0.2, 0.25) is 0 Å². The number of amides is 1. The van der Waals surface area contributed by atoms with E-state index in [1.807, 2.05) is 12.1 Å². The molecular weight excluding hydrogens is 337 g/mol. The minimum absolute atomic E-state index is 0.0176. The highest BCUT2D eigenvalue weighted by molar-refractivity contribution is 9.10. The summed E-state index contributed by atoms with van der Waals surface area (Å²) in [5, 5.41) is 2.76. The fourth-order valence-corrected chi connectivity index (χ4v) is 2.84. The maximum Gasteiger partial charge on any atom is 0.223 e. The van der Waals surface area contributed by atoms with Gasteiger partial charge in [0.15, 0.2) is 0 Å². The summed E-state index contributed by atoms with van der Waals surface area (Å²) in [6.07, 6.45) is 4.51. The van der Waals surface area contributed by atoms with Gasteiger partial charge in [0.2, 0.25) is 5.91 Å². The number of nitrogens with one attached hydrogen (secondary N) is 1. The predicted molar refractivity (Wildman–Crippen MR) is 83.0 cm³/mol. The van der Waals surface area contributed by atoms with Crippen molar-refractivity contribution in [3.05, 3.63) is 22.8 Å². The van der Waals surface area contributed by atoms with Crippen LogP contribution in [0.3, 0.4) is 0 Å². The normalized spacial score (nSPS) is 21.1. The lowest BCUT2D eigenvalue weighted by molar-refractivity contribution is -0.123. The first-order chi connectivity index (χ1) is 10.1. The van der Waals surface area contributed by atoms with Gasteiger partial charge in [0.05, 0.1) is 6.54 Å². The largest absolute Gasteiger partial charge is 0.356 e. The van der Waals surface area contributed by atoms with E-state index >= 15 is 0 Å². The Balaban J connectivity index is 1.51. The number of aromatic nitrogens is 1. The van der Waals surface area contributed by atoms with Gasteiger partial charge < -0.3 is 10.2 Å². The number of nitrogens with zero attached hydrogens (tertiary/aromatic N) is 2. The molecule has 0 spiro atoms. The van der Waals surface area contributed by atoms with Gasteiger partial charge in [-0.05, 0) is 40.9 Å². The van der Waals surface area contributed by atoms with Crippen LogP contribution in [0.25, 0.3) is 0 Å². The maximum atomic E-state index is 14.7. The molecule has 2 fully saturated rings. The summed E-state index contributed by atoms with van der Waals surface area (Å²) in [7, 11) is 0. The second-order valence-corrected chi connectivity index (χ2v) is 6.88. The molecule has 1 aliphatic carbocycles. The molecule has 1 aliphatic heterocycles. The Labute approximate surface area is 132 Å². The summed E-state index contributed by atoms with van der Waals surface area (Å²) in [6, 6.07) is 3.87. The summed E-state index contributed by atoms with van der Waals surface area (Å²) in [6.45, 7) is 1.40. The summed E-state index contributed by atoms with van der Waals surface area (Å²) >= 11 is 3.36. The van der Waals surface area contributed by atoms with Crippen molar-refractivity contribution in [3.63, 3.8) is 0 Å². The number of alkyl halides is 1. The third-order valence-electron chi connectivity index (χ3n) is 4.22. The monoisotopic (exact) mass is 355 g/mol. The highest BCUT2D eigenvalue weighted by Gasteiger charge is 2.37. The van der Waals surface area contributed by atoms with E-state index in [-0.39, 0.29) is 18.4 Å². The number of carbonyl (C=O) groups is 1. The van der Waals surface area contributed by atoms with Gasteiger partial charge in [0.25, 0.3) is 0 Å². The summed E-state index contributed by atoms with van der Waals surface area (Å²) in [5.41, 5.74) is -1.28. The average Bonchev–Trinajstić information content (AvgIpc) is 3.32.